The normalized spacial score (nSPS) is 10.5. The monoisotopic (exact) mass is 310 g/mol. The molecular weight excluding hydrogens is 296 g/mol. The largest absolute Gasteiger partial charge is 0.370 e. The number of anilines is 1. The molecule has 0 saturated carbocycles. The Balaban J connectivity index is 2.20. The van der Waals surface area contributed by atoms with E-state index in [1.807, 2.05) is 30.0 Å². The zero-order chi connectivity index (χ0) is 14.5. The van der Waals surface area contributed by atoms with Crippen LogP contribution in [0.3, 0.4) is 0 Å². The lowest BCUT2D eigenvalue weighted by Crippen LogP contribution is -2.28. The van der Waals surface area contributed by atoms with E-state index in [0.717, 1.165) is 22.8 Å². The number of nitrogens with zero attached hydrogens (tertiary/aromatic N) is 3. The summed E-state index contributed by atoms with van der Waals surface area (Å²) in [6, 6.07) is 8.03. The third-order valence-electron chi connectivity index (χ3n) is 2.84. The van der Waals surface area contributed by atoms with E-state index in [1.165, 1.54) is 0 Å². The number of halogens is 1. The second kappa shape index (κ2) is 6.67. The number of carbonyl (C=O) groups is 1. The number of aromatic nitrogens is 2. The zero-order valence-electron chi connectivity index (χ0n) is 11.0. The summed E-state index contributed by atoms with van der Waals surface area (Å²) in [4.78, 5) is 13.0. The van der Waals surface area contributed by atoms with Crippen molar-refractivity contribution in [2.24, 2.45) is 5.73 Å². The van der Waals surface area contributed by atoms with Gasteiger partial charge in [-0.3, -0.25) is 4.79 Å². The van der Waals surface area contributed by atoms with Crippen LogP contribution >= 0.6 is 23.1 Å². The maximum atomic E-state index is 11.0. The Kier molecular flexibility index (Phi) is 4.92. The van der Waals surface area contributed by atoms with Crippen molar-refractivity contribution in [2.45, 2.75) is 19.9 Å². The van der Waals surface area contributed by atoms with E-state index in [9.17, 15) is 4.79 Å². The van der Waals surface area contributed by atoms with E-state index in [2.05, 4.69) is 15.7 Å². The maximum Gasteiger partial charge on any atom is 0.219 e. The first-order valence-electron chi connectivity index (χ1n) is 6.13. The fourth-order valence-corrected chi connectivity index (χ4v) is 2.45. The maximum absolute atomic E-state index is 11.0. The predicted molar refractivity (Wildman–Crippen MR) is 81.0 cm³/mol. The van der Waals surface area contributed by atoms with E-state index in [1.54, 1.807) is 0 Å². The van der Waals surface area contributed by atoms with Crippen LogP contribution < -0.4 is 10.6 Å². The van der Waals surface area contributed by atoms with Gasteiger partial charge in [-0.15, -0.1) is 5.10 Å². The van der Waals surface area contributed by atoms with Crippen LogP contribution in [0.5, 0.6) is 0 Å². The smallest absolute Gasteiger partial charge is 0.219 e. The Hall–Kier alpha value is -1.66. The van der Waals surface area contributed by atoms with Crippen molar-refractivity contribution < 1.29 is 4.79 Å². The number of aryl methyl sites for hydroxylation is 1. The Labute approximate surface area is 126 Å². The molecule has 0 unspecified atom stereocenters. The van der Waals surface area contributed by atoms with Crippen LogP contribution in [-0.4, -0.2) is 22.0 Å². The van der Waals surface area contributed by atoms with E-state index in [0.29, 0.717) is 23.1 Å². The minimum absolute atomic E-state index is 0.281. The van der Waals surface area contributed by atoms with Gasteiger partial charge in [-0.2, -0.15) is 0 Å². The first-order chi connectivity index (χ1) is 9.56. The average molecular weight is 311 g/mol. The first-order valence-corrected chi connectivity index (χ1v) is 7.28. The van der Waals surface area contributed by atoms with Gasteiger partial charge in [0.2, 0.25) is 5.91 Å². The molecule has 20 heavy (non-hydrogen) atoms. The predicted octanol–water partition coefficient (Wildman–Crippen LogP) is 2.38. The van der Waals surface area contributed by atoms with Crippen LogP contribution in [-0.2, 0) is 11.3 Å². The van der Waals surface area contributed by atoms with Crippen molar-refractivity contribution in [3.63, 3.8) is 0 Å². The highest BCUT2D eigenvalue weighted by molar-refractivity contribution is 7.10. The van der Waals surface area contributed by atoms with Crippen molar-refractivity contribution in [1.29, 1.82) is 0 Å². The standard InChI is InChI=1S/C13H15ClN4OS/c1-9-3-2-4-10(7-9)18(6-5-12(15)19)8-11-13(14)20-17-16-11/h2-4,7H,5-6,8H2,1H3,(H2,15,19). The molecule has 1 heterocycles. The summed E-state index contributed by atoms with van der Waals surface area (Å²) in [6.07, 6.45) is 0.281. The molecule has 2 aromatic rings. The Bertz CT molecular complexity index is 602. The molecule has 106 valence electrons. The number of amides is 1. The fraction of sp³-hybridized carbons (Fsp3) is 0.308. The van der Waals surface area contributed by atoms with Crippen molar-refractivity contribution >= 4 is 34.7 Å². The molecule has 1 amide bonds. The van der Waals surface area contributed by atoms with Crippen LogP contribution in [0.1, 0.15) is 17.7 Å². The van der Waals surface area contributed by atoms with Crippen LogP contribution in [0.15, 0.2) is 24.3 Å². The highest BCUT2D eigenvalue weighted by Crippen LogP contribution is 2.23. The zero-order valence-corrected chi connectivity index (χ0v) is 12.6. The lowest BCUT2D eigenvalue weighted by atomic mass is 10.2. The third kappa shape index (κ3) is 3.91. The summed E-state index contributed by atoms with van der Waals surface area (Å²) in [6.45, 7) is 3.05. The molecule has 1 aromatic heterocycles. The van der Waals surface area contributed by atoms with Crippen molar-refractivity contribution in [3.8, 4) is 0 Å². The third-order valence-corrected chi connectivity index (χ3v) is 3.83. The van der Waals surface area contributed by atoms with Gasteiger partial charge in [0.15, 0.2) is 0 Å². The number of benzene rings is 1. The molecule has 0 fully saturated rings. The number of nitrogens with two attached hydrogens (primary N) is 1. The van der Waals surface area contributed by atoms with E-state index in [-0.39, 0.29) is 12.3 Å². The lowest BCUT2D eigenvalue weighted by Gasteiger charge is -2.23. The summed E-state index contributed by atoms with van der Waals surface area (Å²) in [7, 11) is 0. The molecule has 7 heteroatoms. The Morgan fingerprint density at radius 3 is 2.90 bits per heavy atom. The Morgan fingerprint density at radius 2 is 2.30 bits per heavy atom. The minimum atomic E-state index is -0.329. The first kappa shape index (κ1) is 14.7. The van der Waals surface area contributed by atoms with Crippen LogP contribution in [0, 0.1) is 6.92 Å². The van der Waals surface area contributed by atoms with Gasteiger partial charge in [-0.1, -0.05) is 28.2 Å². The highest BCUT2D eigenvalue weighted by atomic mass is 35.5. The SMILES string of the molecule is Cc1cccc(N(CCC(N)=O)Cc2nnsc2Cl)c1. The molecule has 2 N–H and O–H groups in total. The molecule has 0 aliphatic heterocycles. The molecule has 0 saturated heterocycles. The van der Waals surface area contributed by atoms with E-state index >= 15 is 0 Å². The van der Waals surface area contributed by atoms with Gasteiger partial charge in [0.25, 0.3) is 0 Å². The average Bonchev–Trinajstić information content (AvgIpc) is 2.79. The molecule has 2 rings (SSSR count). The van der Waals surface area contributed by atoms with E-state index < -0.39 is 0 Å². The van der Waals surface area contributed by atoms with Crippen molar-refractivity contribution in [1.82, 2.24) is 9.59 Å². The summed E-state index contributed by atoms with van der Waals surface area (Å²) in [5, 5.41) is 4.01. The molecular formula is C13H15ClN4OS. The van der Waals surface area contributed by atoms with Crippen LogP contribution in [0.4, 0.5) is 5.69 Å². The fourth-order valence-electron chi connectivity index (χ4n) is 1.84. The summed E-state index contributed by atoms with van der Waals surface area (Å²) < 4.78 is 4.39. The van der Waals surface area contributed by atoms with Gasteiger partial charge in [0, 0.05) is 30.2 Å². The van der Waals surface area contributed by atoms with Gasteiger partial charge >= 0.3 is 0 Å². The van der Waals surface area contributed by atoms with Crippen molar-refractivity contribution in [3.05, 3.63) is 39.9 Å². The summed E-state index contributed by atoms with van der Waals surface area (Å²) in [5.74, 6) is -0.329. The van der Waals surface area contributed by atoms with E-state index in [4.69, 9.17) is 17.3 Å². The second-order valence-corrected chi connectivity index (χ2v) is 5.83. The number of hydrogen-bond acceptors (Lipinski definition) is 5. The lowest BCUT2D eigenvalue weighted by molar-refractivity contribution is -0.117. The molecule has 0 aliphatic rings. The topological polar surface area (TPSA) is 72.1 Å². The number of carbonyl (C=O) groups excluding carboxylic acids is 1. The summed E-state index contributed by atoms with van der Waals surface area (Å²) in [5.41, 5.74) is 8.10. The van der Waals surface area contributed by atoms with Crippen LogP contribution in [0.2, 0.25) is 4.34 Å². The number of primary amides is 1. The van der Waals surface area contributed by atoms with Gasteiger partial charge in [-0.25, -0.2) is 0 Å². The highest BCUT2D eigenvalue weighted by Gasteiger charge is 2.13. The minimum Gasteiger partial charge on any atom is -0.370 e. The second-order valence-electron chi connectivity index (χ2n) is 4.47. The van der Waals surface area contributed by atoms with Crippen LogP contribution in [0.25, 0.3) is 0 Å². The molecule has 5 nitrogen and oxygen atoms in total. The molecule has 1 aromatic carbocycles. The van der Waals surface area contributed by atoms with Gasteiger partial charge < -0.3 is 10.6 Å². The molecule has 0 bridgehead atoms. The molecule has 0 atom stereocenters. The van der Waals surface area contributed by atoms with Gasteiger partial charge in [-0.05, 0) is 24.6 Å². The molecule has 0 radical (unpaired) electrons. The van der Waals surface area contributed by atoms with Crippen molar-refractivity contribution in [2.75, 3.05) is 11.4 Å². The molecule has 0 aliphatic carbocycles. The van der Waals surface area contributed by atoms with Gasteiger partial charge in [0.1, 0.15) is 10.0 Å². The van der Waals surface area contributed by atoms with Gasteiger partial charge in [0.05, 0.1) is 6.54 Å². The quantitative estimate of drug-likeness (QED) is 0.889. The summed E-state index contributed by atoms with van der Waals surface area (Å²) >= 11 is 7.20. The number of rotatable bonds is 6. The number of hydrogen-bond donors (Lipinski definition) is 1. The Morgan fingerprint density at radius 1 is 1.50 bits per heavy atom. The molecule has 0 spiro atoms.